The topological polar surface area (TPSA) is 93.9 Å². The first kappa shape index (κ1) is 21.4. The van der Waals surface area contributed by atoms with Crippen LogP contribution in [0, 0.1) is 0 Å². The molecule has 9 nitrogen and oxygen atoms in total. The van der Waals surface area contributed by atoms with Crippen molar-refractivity contribution in [1.82, 2.24) is 34.8 Å². The van der Waals surface area contributed by atoms with Gasteiger partial charge in [0.05, 0.1) is 35.6 Å². The van der Waals surface area contributed by atoms with Crippen molar-refractivity contribution in [3.63, 3.8) is 0 Å². The average Bonchev–Trinajstić information content (AvgIpc) is 3.16. The molecule has 4 aromatic heterocycles. The molecule has 0 amide bonds. The van der Waals surface area contributed by atoms with Gasteiger partial charge in [0.25, 0.3) is 0 Å². The molecule has 0 aromatic carbocycles. The second-order valence-electron chi connectivity index (χ2n) is 8.93. The minimum atomic E-state index is 0.271. The van der Waals surface area contributed by atoms with Gasteiger partial charge in [-0.25, -0.2) is 4.98 Å². The maximum absolute atomic E-state index is 6.03. The third-order valence-corrected chi connectivity index (χ3v) is 5.84. The van der Waals surface area contributed by atoms with Crippen molar-refractivity contribution >= 4 is 22.7 Å². The SMILES string of the molecule is CC(C)c1cnnc(Nc2ccc3ncc(-c4cn(C)nc4COC4CN(C)C4)cc3n2)c1. The van der Waals surface area contributed by atoms with Gasteiger partial charge >= 0.3 is 0 Å². The Morgan fingerprint density at radius 3 is 2.73 bits per heavy atom. The van der Waals surface area contributed by atoms with Crippen molar-refractivity contribution in [1.29, 1.82) is 0 Å². The summed E-state index contributed by atoms with van der Waals surface area (Å²) in [5.74, 6) is 1.74. The monoisotopic (exact) mass is 444 g/mol. The number of aryl methyl sites for hydroxylation is 1. The molecule has 5 rings (SSSR count). The van der Waals surface area contributed by atoms with E-state index in [9.17, 15) is 0 Å². The van der Waals surface area contributed by atoms with Crippen molar-refractivity contribution in [2.24, 2.45) is 7.05 Å². The molecule has 0 bridgehead atoms. The largest absolute Gasteiger partial charge is 0.369 e. The maximum atomic E-state index is 6.03. The fourth-order valence-corrected chi connectivity index (χ4v) is 3.94. The quantitative estimate of drug-likeness (QED) is 0.463. The van der Waals surface area contributed by atoms with E-state index in [0.29, 0.717) is 24.2 Å². The Balaban J connectivity index is 1.40. The molecule has 1 aliphatic heterocycles. The smallest absolute Gasteiger partial charge is 0.154 e. The predicted molar refractivity (Wildman–Crippen MR) is 127 cm³/mol. The Kier molecular flexibility index (Phi) is 5.74. The van der Waals surface area contributed by atoms with Crippen LogP contribution in [0.3, 0.4) is 0 Å². The normalized spacial score (nSPS) is 14.7. The molecule has 1 aliphatic rings. The Morgan fingerprint density at radius 2 is 1.94 bits per heavy atom. The molecule has 0 aliphatic carbocycles. The van der Waals surface area contributed by atoms with Gasteiger partial charge in [-0.05, 0) is 42.8 Å². The van der Waals surface area contributed by atoms with Crippen LogP contribution in [0.5, 0.6) is 0 Å². The lowest BCUT2D eigenvalue weighted by Crippen LogP contribution is -2.49. The van der Waals surface area contributed by atoms with Gasteiger partial charge in [0.1, 0.15) is 5.82 Å². The third-order valence-electron chi connectivity index (χ3n) is 5.84. The number of anilines is 2. The summed E-state index contributed by atoms with van der Waals surface area (Å²) in [6.45, 7) is 6.66. The Labute approximate surface area is 192 Å². The Bertz CT molecular complexity index is 1280. The number of aromatic nitrogens is 6. The van der Waals surface area contributed by atoms with Crippen molar-refractivity contribution in [2.75, 3.05) is 25.5 Å². The van der Waals surface area contributed by atoms with E-state index < -0.39 is 0 Å². The van der Waals surface area contributed by atoms with E-state index in [1.54, 1.807) is 6.20 Å². The van der Waals surface area contributed by atoms with E-state index in [1.807, 2.05) is 48.4 Å². The zero-order valence-electron chi connectivity index (χ0n) is 19.4. The summed E-state index contributed by atoms with van der Waals surface area (Å²) in [6, 6.07) is 7.90. The lowest BCUT2D eigenvalue weighted by atomic mass is 10.1. The summed E-state index contributed by atoms with van der Waals surface area (Å²) in [5, 5.41) is 16.2. The van der Waals surface area contributed by atoms with Crippen molar-refractivity contribution in [3.8, 4) is 11.1 Å². The van der Waals surface area contributed by atoms with E-state index in [4.69, 9.17) is 9.72 Å². The molecule has 5 heterocycles. The molecular formula is C24H28N8O. The molecule has 0 spiro atoms. The van der Waals surface area contributed by atoms with E-state index in [-0.39, 0.29) is 6.10 Å². The van der Waals surface area contributed by atoms with Crippen LogP contribution in [-0.4, -0.2) is 61.1 Å². The van der Waals surface area contributed by atoms with Crippen molar-refractivity contribution in [2.45, 2.75) is 32.5 Å². The summed E-state index contributed by atoms with van der Waals surface area (Å²) in [6.07, 6.45) is 5.93. The molecule has 170 valence electrons. The highest BCUT2D eigenvalue weighted by molar-refractivity contribution is 5.82. The third kappa shape index (κ3) is 4.69. The number of pyridine rings is 2. The van der Waals surface area contributed by atoms with E-state index in [1.165, 1.54) is 0 Å². The van der Waals surface area contributed by atoms with Crippen LogP contribution in [0.2, 0.25) is 0 Å². The maximum Gasteiger partial charge on any atom is 0.154 e. The van der Waals surface area contributed by atoms with Gasteiger partial charge in [0.15, 0.2) is 5.82 Å². The number of hydrogen-bond acceptors (Lipinski definition) is 8. The molecule has 0 atom stereocenters. The van der Waals surface area contributed by atoms with Crippen LogP contribution in [0.4, 0.5) is 11.6 Å². The first-order valence-corrected chi connectivity index (χ1v) is 11.1. The number of rotatable bonds is 7. The second kappa shape index (κ2) is 8.84. The van der Waals surface area contributed by atoms with E-state index in [0.717, 1.165) is 46.5 Å². The molecule has 4 aromatic rings. The van der Waals surface area contributed by atoms with Gasteiger partial charge in [-0.3, -0.25) is 9.67 Å². The number of hydrogen-bond donors (Lipinski definition) is 1. The van der Waals surface area contributed by atoms with Crippen LogP contribution >= 0.6 is 0 Å². The van der Waals surface area contributed by atoms with E-state index >= 15 is 0 Å². The molecule has 1 fully saturated rings. The number of ether oxygens (including phenoxy) is 1. The molecule has 0 saturated carbocycles. The number of nitrogens with one attached hydrogen (secondary N) is 1. The molecule has 0 unspecified atom stereocenters. The summed E-state index contributed by atoms with van der Waals surface area (Å²) >= 11 is 0. The lowest BCUT2D eigenvalue weighted by Gasteiger charge is -2.35. The van der Waals surface area contributed by atoms with Gasteiger partial charge in [0, 0.05) is 43.7 Å². The van der Waals surface area contributed by atoms with Crippen LogP contribution in [0.1, 0.15) is 31.0 Å². The molecule has 33 heavy (non-hydrogen) atoms. The minimum absolute atomic E-state index is 0.271. The molecule has 0 radical (unpaired) electrons. The highest BCUT2D eigenvalue weighted by atomic mass is 16.5. The zero-order chi connectivity index (χ0) is 22.9. The van der Waals surface area contributed by atoms with Gasteiger partial charge in [-0.1, -0.05) is 13.8 Å². The lowest BCUT2D eigenvalue weighted by molar-refractivity contribution is -0.0528. The van der Waals surface area contributed by atoms with Gasteiger partial charge in [0.2, 0.25) is 0 Å². The minimum Gasteiger partial charge on any atom is -0.369 e. The number of fused-ring (bicyclic) bond motifs is 1. The Morgan fingerprint density at radius 1 is 1.09 bits per heavy atom. The van der Waals surface area contributed by atoms with Crippen molar-refractivity contribution in [3.05, 3.63) is 54.1 Å². The number of likely N-dealkylation sites (tertiary alicyclic amines) is 1. The average molecular weight is 445 g/mol. The summed E-state index contributed by atoms with van der Waals surface area (Å²) in [4.78, 5) is 11.6. The fraction of sp³-hybridized carbons (Fsp3) is 0.375. The molecule has 1 saturated heterocycles. The standard InChI is InChI=1S/C24H28N8O/c1-15(2)16-8-24(29-26-10-16)28-23-6-5-20-21(27-23)7-17(9-25-20)19-13-32(4)30-22(19)14-33-18-11-31(3)12-18/h5-10,13,15,18H,11-12,14H2,1-4H3,(H,27,28,29). The van der Waals surface area contributed by atoms with E-state index in [2.05, 4.69) is 51.4 Å². The second-order valence-corrected chi connectivity index (χ2v) is 8.93. The number of nitrogens with zero attached hydrogens (tertiary/aromatic N) is 7. The summed E-state index contributed by atoms with van der Waals surface area (Å²) in [5.41, 5.74) is 5.62. The van der Waals surface area contributed by atoms with Crippen LogP contribution in [-0.2, 0) is 18.4 Å². The highest BCUT2D eigenvalue weighted by Gasteiger charge is 2.24. The van der Waals surface area contributed by atoms with Gasteiger partial charge in [-0.2, -0.15) is 10.2 Å². The molecular weight excluding hydrogens is 416 g/mol. The van der Waals surface area contributed by atoms with Crippen molar-refractivity contribution < 1.29 is 4.74 Å². The van der Waals surface area contributed by atoms with Gasteiger partial charge in [-0.15, -0.1) is 5.10 Å². The highest BCUT2D eigenvalue weighted by Crippen LogP contribution is 2.27. The Hall–Kier alpha value is -3.43. The fourth-order valence-electron chi connectivity index (χ4n) is 3.94. The zero-order valence-corrected chi connectivity index (χ0v) is 19.4. The number of likely N-dealkylation sites (N-methyl/N-ethyl adjacent to an activating group) is 1. The first-order valence-electron chi connectivity index (χ1n) is 11.1. The van der Waals surface area contributed by atoms with Crippen LogP contribution < -0.4 is 5.32 Å². The van der Waals surface area contributed by atoms with Crippen LogP contribution in [0.15, 0.2) is 42.9 Å². The molecule has 9 heteroatoms. The van der Waals surface area contributed by atoms with Crippen LogP contribution in [0.25, 0.3) is 22.2 Å². The molecule has 1 N–H and O–H groups in total. The van der Waals surface area contributed by atoms with Gasteiger partial charge < -0.3 is 15.0 Å². The first-order chi connectivity index (χ1) is 15.9. The summed E-state index contributed by atoms with van der Waals surface area (Å²) < 4.78 is 7.85. The summed E-state index contributed by atoms with van der Waals surface area (Å²) in [7, 11) is 4.02. The predicted octanol–water partition coefficient (Wildman–Crippen LogP) is 3.52.